The van der Waals surface area contributed by atoms with Crippen molar-refractivity contribution in [3.8, 4) is 11.5 Å². The minimum absolute atomic E-state index is 0.0953. The number of aliphatic imine (C=N–C) groups is 1. The molecule has 0 aromatic heterocycles. The van der Waals surface area contributed by atoms with E-state index in [4.69, 9.17) is 9.47 Å². The Labute approximate surface area is 184 Å². The lowest BCUT2D eigenvalue weighted by atomic mass is 9.97. The number of para-hydroxylation sites is 1. The Balaban J connectivity index is 2.10. The van der Waals surface area contributed by atoms with Crippen molar-refractivity contribution in [1.29, 1.82) is 0 Å². The molecule has 172 valence electrons. The fourth-order valence-corrected chi connectivity index (χ4v) is 6.02. The molecule has 0 spiro atoms. The summed E-state index contributed by atoms with van der Waals surface area (Å²) in [5.74, 6) is 1.10. The van der Waals surface area contributed by atoms with Crippen LogP contribution in [0.15, 0.2) is 34.0 Å². The highest BCUT2D eigenvalue weighted by Gasteiger charge is 2.39. The lowest BCUT2D eigenvalue weighted by Gasteiger charge is -2.33. The first-order chi connectivity index (χ1) is 14.8. The van der Waals surface area contributed by atoms with E-state index in [2.05, 4.69) is 11.9 Å². The van der Waals surface area contributed by atoms with Crippen LogP contribution < -0.4 is 14.4 Å². The van der Waals surface area contributed by atoms with Gasteiger partial charge in [0.05, 0.1) is 32.1 Å². The molecule has 1 aromatic rings. The van der Waals surface area contributed by atoms with E-state index in [1.54, 1.807) is 18.2 Å². The minimum atomic E-state index is -3.79. The summed E-state index contributed by atoms with van der Waals surface area (Å²) in [6.45, 7) is 1.96. The van der Waals surface area contributed by atoms with Crippen LogP contribution in [-0.2, 0) is 9.84 Å². The van der Waals surface area contributed by atoms with E-state index in [-0.39, 0.29) is 17.3 Å². The smallest absolute Gasteiger partial charge is 0.214 e. The number of sulfone groups is 1. The zero-order chi connectivity index (χ0) is 22.6. The van der Waals surface area contributed by atoms with Gasteiger partial charge in [0.15, 0.2) is 9.84 Å². The van der Waals surface area contributed by atoms with E-state index >= 15 is 0 Å². The highest BCUT2D eigenvalue weighted by atomic mass is 32.2. The fraction of sp³-hybridized carbons (Fsp3) is 0.591. The molecule has 1 aliphatic carbocycles. The van der Waals surface area contributed by atoms with Crippen molar-refractivity contribution in [2.24, 2.45) is 4.99 Å². The van der Waals surface area contributed by atoms with E-state index in [0.717, 1.165) is 12.8 Å². The number of anilines is 1. The number of amidine groups is 1. The molecular weight excluding hydrogens is 420 g/mol. The molecule has 0 bridgehead atoms. The second-order valence-electron chi connectivity index (χ2n) is 7.90. The van der Waals surface area contributed by atoms with Gasteiger partial charge < -0.3 is 19.7 Å². The van der Waals surface area contributed by atoms with Crippen LogP contribution >= 0.6 is 0 Å². The Morgan fingerprint density at radius 2 is 1.74 bits per heavy atom. The number of aliphatic hydroxyl groups is 2. The van der Waals surface area contributed by atoms with Gasteiger partial charge >= 0.3 is 0 Å². The van der Waals surface area contributed by atoms with Crippen molar-refractivity contribution in [3.63, 3.8) is 0 Å². The van der Waals surface area contributed by atoms with E-state index in [1.165, 1.54) is 19.1 Å². The molecule has 0 unspecified atom stereocenters. The average molecular weight is 453 g/mol. The first-order valence-electron chi connectivity index (χ1n) is 10.7. The van der Waals surface area contributed by atoms with Crippen LogP contribution in [0.2, 0.25) is 0 Å². The standard InChI is InChI=1S/C22H32N2O6S/c1-4-5-9-20-23-14-19(31(27,28)16-12-10-15(25)11-13-16)22(26)24(20)21-17(29-2)7-6-8-18(21)30-3/h6-8,15-16,25-26H,4-5,9-14H2,1-3H3/t15-,16+. The van der Waals surface area contributed by atoms with Crippen LogP contribution in [0.25, 0.3) is 0 Å². The molecular formula is C22H32N2O6S. The maximum Gasteiger partial charge on any atom is 0.214 e. The molecule has 1 aliphatic heterocycles. The third-order valence-corrected chi connectivity index (χ3v) is 8.28. The molecule has 9 heteroatoms. The van der Waals surface area contributed by atoms with E-state index in [0.29, 0.717) is 55.1 Å². The summed E-state index contributed by atoms with van der Waals surface area (Å²) in [7, 11) is -0.772. The van der Waals surface area contributed by atoms with Crippen LogP contribution in [0.5, 0.6) is 11.5 Å². The van der Waals surface area contributed by atoms with Crippen LogP contribution in [0.3, 0.4) is 0 Å². The second kappa shape index (κ2) is 9.91. The number of benzene rings is 1. The molecule has 0 atom stereocenters. The van der Waals surface area contributed by atoms with E-state index in [9.17, 15) is 18.6 Å². The predicted molar refractivity (Wildman–Crippen MR) is 121 cm³/mol. The maximum atomic E-state index is 13.4. The first kappa shape index (κ1) is 23.4. The molecule has 1 fully saturated rings. The van der Waals surface area contributed by atoms with Gasteiger partial charge in [-0.2, -0.15) is 0 Å². The Hall–Kier alpha value is -2.26. The first-order valence-corrected chi connectivity index (χ1v) is 12.3. The second-order valence-corrected chi connectivity index (χ2v) is 10.2. The zero-order valence-corrected chi connectivity index (χ0v) is 19.2. The molecule has 0 radical (unpaired) electrons. The lowest BCUT2D eigenvalue weighted by molar-refractivity contribution is 0.131. The van der Waals surface area contributed by atoms with Crippen molar-refractivity contribution in [2.45, 2.75) is 63.2 Å². The van der Waals surface area contributed by atoms with Crippen LogP contribution in [0.4, 0.5) is 5.69 Å². The van der Waals surface area contributed by atoms with Crippen molar-refractivity contribution < 1.29 is 28.1 Å². The molecule has 0 saturated heterocycles. The van der Waals surface area contributed by atoms with Gasteiger partial charge in [-0.3, -0.25) is 9.89 Å². The van der Waals surface area contributed by atoms with Gasteiger partial charge in [-0.25, -0.2) is 8.42 Å². The predicted octanol–water partition coefficient (Wildman–Crippen LogP) is 3.56. The molecule has 1 heterocycles. The fourth-order valence-electron chi connectivity index (χ4n) is 4.14. The third-order valence-electron chi connectivity index (χ3n) is 5.93. The van der Waals surface area contributed by atoms with Gasteiger partial charge in [0.2, 0.25) is 5.88 Å². The van der Waals surface area contributed by atoms with E-state index in [1.807, 2.05) is 0 Å². The topological polar surface area (TPSA) is 109 Å². The van der Waals surface area contributed by atoms with Gasteiger partial charge in [-0.05, 0) is 44.2 Å². The number of unbranched alkanes of at least 4 members (excludes halogenated alkanes) is 1. The summed E-state index contributed by atoms with van der Waals surface area (Å²) >= 11 is 0. The number of hydrogen-bond acceptors (Lipinski definition) is 8. The number of rotatable bonds is 8. The summed E-state index contributed by atoms with van der Waals surface area (Å²) in [4.78, 5) is 5.93. The quantitative estimate of drug-likeness (QED) is 0.621. The van der Waals surface area contributed by atoms with Crippen LogP contribution in [-0.4, -0.2) is 56.6 Å². The summed E-state index contributed by atoms with van der Waals surface area (Å²) in [5, 5.41) is 20.4. The van der Waals surface area contributed by atoms with Crippen molar-refractivity contribution in [3.05, 3.63) is 29.0 Å². The summed E-state index contributed by atoms with van der Waals surface area (Å²) in [6, 6.07) is 5.22. The molecule has 3 rings (SSSR count). The molecule has 2 N–H and O–H groups in total. The Kier molecular flexibility index (Phi) is 7.48. The number of aliphatic hydroxyl groups excluding tert-OH is 2. The third kappa shape index (κ3) is 4.67. The molecule has 2 aliphatic rings. The van der Waals surface area contributed by atoms with Crippen LogP contribution in [0.1, 0.15) is 51.9 Å². The zero-order valence-electron chi connectivity index (χ0n) is 18.4. The summed E-state index contributed by atoms with van der Waals surface area (Å²) in [6.07, 6.45) is 3.48. The van der Waals surface area contributed by atoms with Crippen molar-refractivity contribution in [2.75, 3.05) is 25.7 Å². The molecule has 1 aromatic carbocycles. The number of hydrogen-bond donors (Lipinski definition) is 2. The number of nitrogens with zero attached hydrogens (tertiary/aromatic N) is 2. The maximum absolute atomic E-state index is 13.4. The minimum Gasteiger partial charge on any atom is -0.494 e. The number of methoxy groups -OCH3 is 2. The molecule has 0 amide bonds. The Morgan fingerprint density at radius 1 is 1.13 bits per heavy atom. The highest BCUT2D eigenvalue weighted by molar-refractivity contribution is 7.95. The monoisotopic (exact) mass is 452 g/mol. The van der Waals surface area contributed by atoms with Gasteiger partial charge in [0.1, 0.15) is 27.9 Å². The molecule has 1 saturated carbocycles. The van der Waals surface area contributed by atoms with E-state index < -0.39 is 21.2 Å². The Morgan fingerprint density at radius 3 is 2.29 bits per heavy atom. The molecule has 31 heavy (non-hydrogen) atoms. The van der Waals surface area contributed by atoms with Crippen LogP contribution in [0, 0.1) is 0 Å². The summed E-state index contributed by atoms with van der Waals surface area (Å²) in [5.41, 5.74) is 0.423. The lowest BCUT2D eigenvalue weighted by Crippen LogP contribution is -2.39. The van der Waals surface area contributed by atoms with Gasteiger partial charge in [-0.15, -0.1) is 0 Å². The Bertz CT molecular complexity index is 926. The largest absolute Gasteiger partial charge is 0.494 e. The SMILES string of the molecule is CCCCC1=NCC(S(=O)(=O)[C@H]2CC[C@@H](O)CC2)=C(O)N1c1c(OC)cccc1OC. The van der Waals surface area contributed by atoms with Crippen molar-refractivity contribution in [1.82, 2.24) is 0 Å². The van der Waals surface area contributed by atoms with Crippen molar-refractivity contribution >= 4 is 21.4 Å². The van der Waals surface area contributed by atoms with Gasteiger partial charge in [-0.1, -0.05) is 19.4 Å². The normalized spacial score (nSPS) is 22.3. The number of ether oxygens (including phenoxy) is 2. The average Bonchev–Trinajstić information content (AvgIpc) is 2.77. The highest BCUT2D eigenvalue weighted by Crippen LogP contribution is 2.42. The summed E-state index contributed by atoms with van der Waals surface area (Å²) < 4.78 is 37.8. The van der Waals surface area contributed by atoms with Gasteiger partial charge in [0, 0.05) is 6.42 Å². The van der Waals surface area contributed by atoms with Gasteiger partial charge in [0.25, 0.3) is 0 Å². The molecule has 8 nitrogen and oxygen atoms in total.